The Hall–Kier alpha value is -0.0400. The normalized spacial score (nSPS) is 21.4. The maximum Gasteiger partial charge on any atom is 0.133 e. The van der Waals surface area contributed by atoms with E-state index in [1.807, 2.05) is 6.07 Å². The van der Waals surface area contributed by atoms with E-state index >= 15 is 0 Å². The number of benzene rings is 1. The Kier molecular flexibility index (Phi) is 11.7. The van der Waals surface area contributed by atoms with E-state index in [0.717, 1.165) is 68.6 Å². The van der Waals surface area contributed by atoms with Crippen LogP contribution in [-0.2, 0) is 0 Å². The third kappa shape index (κ3) is 6.75. The number of ether oxygens (including phenoxy) is 1. The molecule has 3 rings (SSSR count). The van der Waals surface area contributed by atoms with Crippen LogP contribution in [0.2, 0.25) is 0 Å². The lowest BCUT2D eigenvalue weighted by Crippen LogP contribution is -2.49. The van der Waals surface area contributed by atoms with E-state index in [9.17, 15) is 5.11 Å². The molecule has 2 aliphatic rings. The number of nitrogens with zero attached hydrogens (tertiary/aromatic N) is 1. The summed E-state index contributed by atoms with van der Waals surface area (Å²) in [5.41, 5.74) is 0.610. The van der Waals surface area contributed by atoms with Crippen LogP contribution in [-0.4, -0.2) is 55.4 Å². The zero-order chi connectivity index (χ0) is 18.4. The van der Waals surface area contributed by atoms with Gasteiger partial charge in [-0.3, -0.25) is 0 Å². The summed E-state index contributed by atoms with van der Waals surface area (Å²) in [6.45, 7) is 5.12. The largest absolute Gasteiger partial charge is 0.496 e. The number of halogens is 3. The molecule has 1 atom stereocenters. The van der Waals surface area contributed by atoms with Crippen LogP contribution >= 0.6 is 40.7 Å². The molecule has 1 unspecified atom stereocenters. The van der Waals surface area contributed by atoms with Gasteiger partial charge >= 0.3 is 0 Å². The first-order chi connectivity index (χ1) is 12.6. The lowest BCUT2D eigenvalue weighted by atomic mass is 9.74. The molecule has 2 N–H and O–H groups in total. The van der Waals surface area contributed by atoms with Crippen LogP contribution in [0.5, 0.6) is 5.75 Å². The van der Waals surface area contributed by atoms with E-state index in [2.05, 4.69) is 38.3 Å². The van der Waals surface area contributed by atoms with Gasteiger partial charge < -0.3 is 20.1 Å². The molecule has 1 aliphatic heterocycles. The monoisotopic (exact) mass is 496 g/mol. The van der Waals surface area contributed by atoms with Gasteiger partial charge in [-0.2, -0.15) is 0 Å². The summed E-state index contributed by atoms with van der Waals surface area (Å²) in [6, 6.07) is 6.33. The SMILES string of the molecule is COc1ccc(C(CN2CCNCC2)C2(O)CCCCCCC2)cc1Br.Cl.Cl. The van der Waals surface area contributed by atoms with Crippen LogP contribution in [0.3, 0.4) is 0 Å². The fraction of sp³-hybridized carbons (Fsp3) is 0.714. The maximum absolute atomic E-state index is 11.7. The van der Waals surface area contributed by atoms with Crippen LogP contribution in [0.25, 0.3) is 0 Å². The van der Waals surface area contributed by atoms with Gasteiger partial charge in [-0.05, 0) is 46.5 Å². The lowest BCUT2D eigenvalue weighted by molar-refractivity contribution is -0.0231. The molecule has 1 saturated carbocycles. The molecule has 162 valence electrons. The standard InChI is InChI=1S/C21H33BrN2O2.2ClH/c1-26-20-8-7-17(15-19(20)22)18(16-24-13-11-23-12-14-24)21(25)9-5-3-2-4-6-10-21;;/h7-8,15,18,23,25H,2-6,9-14,16H2,1H3;2*1H. The van der Waals surface area contributed by atoms with Crippen molar-refractivity contribution in [3.63, 3.8) is 0 Å². The number of hydrogen-bond acceptors (Lipinski definition) is 4. The minimum atomic E-state index is -0.612. The molecule has 2 fully saturated rings. The van der Waals surface area contributed by atoms with E-state index in [0.29, 0.717) is 0 Å². The van der Waals surface area contributed by atoms with Gasteiger partial charge in [0.2, 0.25) is 0 Å². The average Bonchev–Trinajstić information content (AvgIpc) is 2.64. The predicted molar refractivity (Wildman–Crippen MR) is 125 cm³/mol. The van der Waals surface area contributed by atoms with Gasteiger partial charge in [0.15, 0.2) is 0 Å². The highest BCUT2D eigenvalue weighted by atomic mass is 79.9. The van der Waals surface area contributed by atoms with Crippen molar-refractivity contribution in [3.8, 4) is 5.75 Å². The smallest absolute Gasteiger partial charge is 0.133 e. The molecule has 1 aliphatic carbocycles. The van der Waals surface area contributed by atoms with Crippen LogP contribution in [0.4, 0.5) is 0 Å². The topological polar surface area (TPSA) is 44.7 Å². The van der Waals surface area contributed by atoms with E-state index in [1.165, 1.54) is 24.8 Å². The summed E-state index contributed by atoms with van der Waals surface area (Å²) in [5, 5.41) is 15.2. The zero-order valence-electron chi connectivity index (χ0n) is 16.8. The molecule has 0 radical (unpaired) electrons. The molecule has 1 heterocycles. The number of nitrogens with one attached hydrogen (secondary N) is 1. The van der Waals surface area contributed by atoms with E-state index in [4.69, 9.17) is 4.74 Å². The second-order valence-corrected chi connectivity index (χ2v) is 8.72. The number of methoxy groups -OCH3 is 1. The molecular weight excluding hydrogens is 463 g/mol. The highest BCUT2D eigenvalue weighted by molar-refractivity contribution is 9.10. The van der Waals surface area contributed by atoms with Gasteiger partial charge in [0.1, 0.15) is 5.75 Å². The first-order valence-corrected chi connectivity index (χ1v) is 10.9. The molecule has 0 bridgehead atoms. The Balaban J connectivity index is 0.00000196. The quantitative estimate of drug-likeness (QED) is 0.615. The molecule has 0 amide bonds. The first kappa shape index (κ1) is 26.0. The highest BCUT2D eigenvalue weighted by Crippen LogP contribution is 2.41. The first-order valence-electron chi connectivity index (χ1n) is 10.1. The fourth-order valence-corrected chi connectivity index (χ4v) is 5.06. The second kappa shape index (κ2) is 12.6. The number of piperazine rings is 1. The van der Waals surface area contributed by atoms with E-state index < -0.39 is 5.60 Å². The summed E-state index contributed by atoms with van der Waals surface area (Å²) in [4.78, 5) is 2.51. The number of hydrogen-bond donors (Lipinski definition) is 2. The third-order valence-corrected chi connectivity index (χ3v) is 6.72. The Morgan fingerprint density at radius 3 is 2.29 bits per heavy atom. The third-order valence-electron chi connectivity index (χ3n) is 6.10. The molecule has 1 aromatic carbocycles. The lowest BCUT2D eigenvalue weighted by Gasteiger charge is -2.41. The van der Waals surface area contributed by atoms with Gasteiger partial charge in [-0.25, -0.2) is 0 Å². The van der Waals surface area contributed by atoms with Gasteiger partial charge in [-0.15, -0.1) is 24.8 Å². The van der Waals surface area contributed by atoms with Crippen molar-refractivity contribution < 1.29 is 9.84 Å². The van der Waals surface area contributed by atoms with Crippen molar-refractivity contribution >= 4 is 40.7 Å². The molecule has 1 aromatic rings. The second-order valence-electron chi connectivity index (χ2n) is 7.87. The minimum absolute atomic E-state index is 0. The zero-order valence-corrected chi connectivity index (χ0v) is 20.0. The van der Waals surface area contributed by atoms with Crippen molar-refractivity contribution in [1.29, 1.82) is 0 Å². The molecule has 0 aromatic heterocycles. The van der Waals surface area contributed by atoms with Crippen molar-refractivity contribution in [2.24, 2.45) is 0 Å². The van der Waals surface area contributed by atoms with Crippen molar-refractivity contribution in [1.82, 2.24) is 10.2 Å². The van der Waals surface area contributed by atoms with Gasteiger partial charge in [0.25, 0.3) is 0 Å². The fourth-order valence-electron chi connectivity index (χ4n) is 4.50. The molecular formula is C21H35BrCl2N2O2. The van der Waals surface area contributed by atoms with Crippen LogP contribution in [0, 0.1) is 0 Å². The summed E-state index contributed by atoms with van der Waals surface area (Å²) >= 11 is 3.64. The van der Waals surface area contributed by atoms with Crippen LogP contribution in [0.1, 0.15) is 56.4 Å². The summed E-state index contributed by atoms with van der Waals surface area (Å²) in [7, 11) is 1.69. The molecule has 1 saturated heterocycles. The Bertz CT molecular complexity index is 578. The Morgan fingerprint density at radius 1 is 1.11 bits per heavy atom. The minimum Gasteiger partial charge on any atom is -0.496 e. The van der Waals surface area contributed by atoms with Gasteiger partial charge in [-0.1, -0.05) is 38.2 Å². The maximum atomic E-state index is 11.7. The number of rotatable bonds is 5. The van der Waals surface area contributed by atoms with Crippen molar-refractivity contribution in [2.45, 2.75) is 56.5 Å². The molecule has 0 spiro atoms. The number of aliphatic hydroxyl groups is 1. The Morgan fingerprint density at radius 2 is 1.71 bits per heavy atom. The molecule has 4 nitrogen and oxygen atoms in total. The highest BCUT2D eigenvalue weighted by Gasteiger charge is 2.38. The molecule has 7 heteroatoms. The van der Waals surface area contributed by atoms with E-state index in [1.54, 1.807) is 7.11 Å². The van der Waals surface area contributed by atoms with Crippen LogP contribution in [0.15, 0.2) is 22.7 Å². The summed E-state index contributed by atoms with van der Waals surface area (Å²) in [5.74, 6) is 0.986. The van der Waals surface area contributed by atoms with Crippen molar-refractivity contribution in [3.05, 3.63) is 28.2 Å². The van der Waals surface area contributed by atoms with Crippen LogP contribution < -0.4 is 10.1 Å². The summed E-state index contributed by atoms with van der Waals surface area (Å²) in [6.07, 6.45) is 7.88. The van der Waals surface area contributed by atoms with Gasteiger partial charge in [0, 0.05) is 38.6 Å². The summed E-state index contributed by atoms with van der Waals surface area (Å²) < 4.78 is 6.38. The Labute approximate surface area is 190 Å². The van der Waals surface area contributed by atoms with E-state index in [-0.39, 0.29) is 30.7 Å². The van der Waals surface area contributed by atoms with Gasteiger partial charge in [0.05, 0.1) is 17.2 Å². The predicted octanol–water partition coefficient (Wildman–Crippen LogP) is 4.77. The molecule has 28 heavy (non-hydrogen) atoms. The average molecular weight is 498 g/mol. The van der Waals surface area contributed by atoms with Crippen molar-refractivity contribution in [2.75, 3.05) is 39.8 Å².